The molecule has 134 valence electrons. The number of H-pyrrole nitrogens is 1. The van der Waals surface area contributed by atoms with E-state index >= 15 is 0 Å². The monoisotopic (exact) mass is 343 g/mol. The Labute approximate surface area is 148 Å². The number of carbonyl (C=O) groups excluding carboxylic acids is 1. The molecule has 0 aliphatic carbocycles. The van der Waals surface area contributed by atoms with Crippen LogP contribution in [0.2, 0.25) is 0 Å². The lowest BCUT2D eigenvalue weighted by atomic mass is 10.1. The number of nitrogens with one attached hydrogen (secondary N) is 1. The minimum Gasteiger partial charge on any atom is -0.496 e. The van der Waals surface area contributed by atoms with Crippen LogP contribution >= 0.6 is 0 Å². The van der Waals surface area contributed by atoms with Crippen molar-refractivity contribution in [1.82, 2.24) is 25.0 Å². The molecule has 7 heteroatoms. The molecule has 1 saturated heterocycles. The average molecular weight is 343 g/mol. The number of aromatic nitrogens is 3. The first-order valence-electron chi connectivity index (χ1n) is 8.67. The van der Waals surface area contributed by atoms with Gasteiger partial charge in [-0.05, 0) is 24.6 Å². The van der Waals surface area contributed by atoms with E-state index in [1.807, 2.05) is 36.9 Å². The van der Waals surface area contributed by atoms with Crippen LogP contribution in [0.15, 0.2) is 18.2 Å². The lowest BCUT2D eigenvalue weighted by Crippen LogP contribution is -2.48. The molecule has 0 atom stereocenters. The van der Waals surface area contributed by atoms with E-state index in [1.54, 1.807) is 7.11 Å². The van der Waals surface area contributed by atoms with E-state index in [0.717, 1.165) is 49.0 Å². The fraction of sp³-hybridized carbons (Fsp3) is 0.500. The van der Waals surface area contributed by atoms with Crippen molar-refractivity contribution < 1.29 is 9.53 Å². The molecular formula is C18H25N5O2. The van der Waals surface area contributed by atoms with Gasteiger partial charge >= 0.3 is 0 Å². The first-order valence-corrected chi connectivity index (χ1v) is 8.67. The fourth-order valence-corrected chi connectivity index (χ4v) is 3.02. The molecule has 1 aromatic heterocycles. The number of piperazine rings is 1. The van der Waals surface area contributed by atoms with Crippen molar-refractivity contribution >= 4 is 5.91 Å². The summed E-state index contributed by atoms with van der Waals surface area (Å²) >= 11 is 0. The predicted octanol–water partition coefficient (Wildman–Crippen LogP) is 1.64. The van der Waals surface area contributed by atoms with E-state index in [2.05, 4.69) is 20.1 Å². The first kappa shape index (κ1) is 17.4. The second-order valence-electron chi connectivity index (χ2n) is 6.30. The number of ether oxygens (including phenoxy) is 1. The zero-order valence-electron chi connectivity index (χ0n) is 15.1. The predicted molar refractivity (Wildman–Crippen MR) is 94.7 cm³/mol. The zero-order valence-corrected chi connectivity index (χ0v) is 15.1. The minimum absolute atomic E-state index is 0.0610. The smallest absolute Gasteiger partial charge is 0.254 e. The van der Waals surface area contributed by atoms with Crippen molar-refractivity contribution in [2.24, 2.45) is 0 Å². The van der Waals surface area contributed by atoms with E-state index in [4.69, 9.17) is 4.74 Å². The number of hydrogen-bond acceptors (Lipinski definition) is 5. The van der Waals surface area contributed by atoms with Gasteiger partial charge in [0.15, 0.2) is 0 Å². The Morgan fingerprint density at radius 3 is 2.68 bits per heavy atom. The molecule has 0 spiro atoms. The summed E-state index contributed by atoms with van der Waals surface area (Å²) in [4.78, 5) is 21.4. The van der Waals surface area contributed by atoms with Crippen LogP contribution in [0, 0.1) is 6.92 Å². The molecule has 0 saturated carbocycles. The topological polar surface area (TPSA) is 74.4 Å². The molecule has 1 fully saturated rings. The number of amides is 1. The number of benzene rings is 1. The molecule has 1 aromatic carbocycles. The summed E-state index contributed by atoms with van der Waals surface area (Å²) in [6.07, 6.45) is 0.832. The third-order valence-electron chi connectivity index (χ3n) is 4.58. The number of nitrogens with zero attached hydrogens (tertiary/aromatic N) is 4. The summed E-state index contributed by atoms with van der Waals surface area (Å²) in [5.41, 5.74) is 1.71. The Morgan fingerprint density at radius 1 is 1.28 bits per heavy atom. The molecule has 1 N–H and O–H groups in total. The third-order valence-corrected chi connectivity index (χ3v) is 4.58. The summed E-state index contributed by atoms with van der Waals surface area (Å²) in [5, 5.41) is 7.15. The van der Waals surface area contributed by atoms with Crippen LogP contribution in [0.4, 0.5) is 0 Å². The van der Waals surface area contributed by atoms with Crippen LogP contribution in [-0.4, -0.2) is 64.2 Å². The average Bonchev–Trinajstić information content (AvgIpc) is 3.10. The lowest BCUT2D eigenvalue weighted by molar-refractivity contribution is 0.0625. The Balaban J connectivity index is 1.57. The highest BCUT2D eigenvalue weighted by Crippen LogP contribution is 2.20. The van der Waals surface area contributed by atoms with E-state index < -0.39 is 0 Å². The second kappa shape index (κ2) is 7.65. The number of methoxy groups -OCH3 is 1. The summed E-state index contributed by atoms with van der Waals surface area (Å²) in [7, 11) is 1.63. The van der Waals surface area contributed by atoms with Crippen molar-refractivity contribution in [3.63, 3.8) is 0 Å². The van der Waals surface area contributed by atoms with Crippen molar-refractivity contribution in [1.29, 1.82) is 0 Å². The maximum absolute atomic E-state index is 12.7. The van der Waals surface area contributed by atoms with Gasteiger partial charge in [-0.1, -0.05) is 13.0 Å². The highest BCUT2D eigenvalue weighted by molar-refractivity contribution is 5.94. The van der Waals surface area contributed by atoms with Gasteiger partial charge in [-0.2, -0.15) is 5.10 Å². The van der Waals surface area contributed by atoms with E-state index in [1.165, 1.54) is 0 Å². The molecule has 3 rings (SSSR count). The maximum atomic E-state index is 12.7. The summed E-state index contributed by atoms with van der Waals surface area (Å²) in [5.74, 6) is 2.55. The molecule has 0 bridgehead atoms. The quantitative estimate of drug-likeness (QED) is 0.893. The molecule has 2 heterocycles. The van der Waals surface area contributed by atoms with Crippen molar-refractivity contribution in [3.8, 4) is 5.75 Å². The Kier molecular flexibility index (Phi) is 5.33. The van der Waals surface area contributed by atoms with Crippen molar-refractivity contribution in [2.75, 3.05) is 33.3 Å². The second-order valence-corrected chi connectivity index (χ2v) is 6.30. The van der Waals surface area contributed by atoms with Gasteiger partial charge in [0, 0.05) is 38.2 Å². The van der Waals surface area contributed by atoms with Gasteiger partial charge in [0.05, 0.1) is 13.7 Å². The summed E-state index contributed by atoms with van der Waals surface area (Å²) in [6.45, 7) is 7.84. The number of carbonyl (C=O) groups is 1. The van der Waals surface area contributed by atoms with Crippen molar-refractivity contribution in [2.45, 2.75) is 26.8 Å². The number of aromatic amines is 1. The SMILES string of the molecule is CCc1n[nH]c(CN2CCN(C(=O)c3ccc(C)c(OC)c3)CC2)n1. The number of rotatable bonds is 5. The van der Waals surface area contributed by atoms with Crippen LogP contribution in [-0.2, 0) is 13.0 Å². The van der Waals surface area contributed by atoms with Gasteiger partial charge in [0.1, 0.15) is 17.4 Å². The van der Waals surface area contributed by atoms with Gasteiger partial charge < -0.3 is 9.64 Å². The number of hydrogen-bond donors (Lipinski definition) is 1. The van der Waals surface area contributed by atoms with E-state index in [-0.39, 0.29) is 5.91 Å². The van der Waals surface area contributed by atoms with Crippen LogP contribution in [0.5, 0.6) is 5.75 Å². The molecule has 1 amide bonds. The van der Waals surface area contributed by atoms with Crippen LogP contribution in [0.3, 0.4) is 0 Å². The molecular weight excluding hydrogens is 318 g/mol. The Morgan fingerprint density at radius 2 is 2.04 bits per heavy atom. The molecule has 1 aliphatic rings. The van der Waals surface area contributed by atoms with Crippen LogP contribution in [0.25, 0.3) is 0 Å². The molecule has 7 nitrogen and oxygen atoms in total. The van der Waals surface area contributed by atoms with E-state index in [9.17, 15) is 4.79 Å². The highest BCUT2D eigenvalue weighted by Gasteiger charge is 2.23. The fourth-order valence-electron chi connectivity index (χ4n) is 3.02. The van der Waals surface area contributed by atoms with Crippen molar-refractivity contribution in [3.05, 3.63) is 41.0 Å². The standard InChI is InChI=1S/C18H25N5O2/c1-4-16-19-17(21-20-16)12-22-7-9-23(10-8-22)18(24)14-6-5-13(2)15(11-14)25-3/h5-6,11H,4,7-10,12H2,1-3H3,(H,19,20,21). The van der Waals surface area contributed by atoms with E-state index in [0.29, 0.717) is 18.7 Å². The Hall–Kier alpha value is -2.41. The van der Waals surface area contributed by atoms with Gasteiger partial charge in [-0.25, -0.2) is 4.98 Å². The minimum atomic E-state index is 0.0610. The molecule has 2 aromatic rings. The largest absolute Gasteiger partial charge is 0.496 e. The van der Waals surface area contributed by atoms with Crippen LogP contribution < -0.4 is 4.74 Å². The molecule has 0 radical (unpaired) electrons. The normalized spacial score (nSPS) is 15.4. The van der Waals surface area contributed by atoms with Gasteiger partial charge in [0.2, 0.25) is 0 Å². The highest BCUT2D eigenvalue weighted by atomic mass is 16.5. The van der Waals surface area contributed by atoms with Gasteiger partial charge in [-0.3, -0.25) is 14.8 Å². The maximum Gasteiger partial charge on any atom is 0.254 e. The molecule has 0 unspecified atom stereocenters. The zero-order chi connectivity index (χ0) is 17.8. The van der Waals surface area contributed by atoms with Crippen LogP contribution in [0.1, 0.15) is 34.5 Å². The van der Waals surface area contributed by atoms with Gasteiger partial charge in [-0.15, -0.1) is 0 Å². The first-order chi connectivity index (χ1) is 12.1. The third kappa shape index (κ3) is 3.99. The van der Waals surface area contributed by atoms with Gasteiger partial charge in [0.25, 0.3) is 5.91 Å². The number of aryl methyl sites for hydroxylation is 2. The molecule has 25 heavy (non-hydrogen) atoms. The summed E-state index contributed by atoms with van der Waals surface area (Å²) < 4.78 is 5.32. The molecule has 1 aliphatic heterocycles. The lowest BCUT2D eigenvalue weighted by Gasteiger charge is -2.34. The Bertz CT molecular complexity index is 735. The summed E-state index contributed by atoms with van der Waals surface area (Å²) in [6, 6.07) is 5.62.